The first-order valence-corrected chi connectivity index (χ1v) is 7.31. The van der Waals surface area contributed by atoms with Gasteiger partial charge in [0.1, 0.15) is 6.04 Å². The minimum absolute atomic E-state index is 0.129. The molecule has 114 valence electrons. The monoisotopic (exact) mass is 290 g/mol. The number of aryl methyl sites for hydroxylation is 2. The van der Waals surface area contributed by atoms with Crippen molar-refractivity contribution >= 4 is 17.6 Å². The lowest BCUT2D eigenvalue weighted by Crippen LogP contribution is -2.47. The molecule has 0 spiro atoms. The molecule has 5 heteroatoms. The lowest BCUT2D eigenvalue weighted by Gasteiger charge is -2.32. The highest BCUT2D eigenvalue weighted by Crippen LogP contribution is 2.18. The number of anilines is 1. The summed E-state index contributed by atoms with van der Waals surface area (Å²) < 4.78 is 0. The lowest BCUT2D eigenvalue weighted by atomic mass is 10.0. The van der Waals surface area contributed by atoms with Crippen molar-refractivity contribution in [3.05, 3.63) is 29.3 Å². The van der Waals surface area contributed by atoms with Crippen LogP contribution in [0.4, 0.5) is 5.69 Å². The van der Waals surface area contributed by atoms with E-state index in [1.165, 1.54) is 5.56 Å². The number of carbonyl (C=O) groups is 2. The molecule has 1 aromatic rings. The molecule has 21 heavy (non-hydrogen) atoms. The highest BCUT2D eigenvalue weighted by Gasteiger charge is 2.29. The third-order valence-electron chi connectivity index (χ3n) is 4.04. The van der Waals surface area contributed by atoms with E-state index in [9.17, 15) is 14.7 Å². The predicted molar refractivity (Wildman–Crippen MR) is 81.4 cm³/mol. The van der Waals surface area contributed by atoms with Crippen molar-refractivity contribution in [2.45, 2.75) is 39.2 Å². The van der Waals surface area contributed by atoms with Gasteiger partial charge in [-0.2, -0.15) is 0 Å². The van der Waals surface area contributed by atoms with Crippen LogP contribution >= 0.6 is 0 Å². The molecule has 1 fully saturated rings. The van der Waals surface area contributed by atoms with Gasteiger partial charge in [0.15, 0.2) is 0 Å². The number of nitrogens with zero attached hydrogens (tertiary/aromatic N) is 1. The normalized spacial score (nSPS) is 19.2. The Balaban J connectivity index is 1.97. The Morgan fingerprint density at radius 1 is 1.29 bits per heavy atom. The fourth-order valence-electron chi connectivity index (χ4n) is 2.66. The Kier molecular flexibility index (Phi) is 4.96. The summed E-state index contributed by atoms with van der Waals surface area (Å²) in [4.78, 5) is 25.1. The van der Waals surface area contributed by atoms with E-state index in [0.29, 0.717) is 13.0 Å². The second kappa shape index (κ2) is 6.72. The Hall–Kier alpha value is -1.88. The van der Waals surface area contributed by atoms with Crippen LogP contribution in [0.15, 0.2) is 18.2 Å². The van der Waals surface area contributed by atoms with Crippen molar-refractivity contribution in [2.75, 3.05) is 18.4 Å². The second-order valence-electron chi connectivity index (χ2n) is 5.67. The van der Waals surface area contributed by atoms with E-state index in [1.807, 2.05) is 32.0 Å². The van der Waals surface area contributed by atoms with E-state index >= 15 is 0 Å². The number of carbonyl (C=O) groups excluding carboxylic acids is 1. The molecule has 0 aliphatic carbocycles. The summed E-state index contributed by atoms with van der Waals surface area (Å²) in [7, 11) is 0. The van der Waals surface area contributed by atoms with Crippen LogP contribution in [0.1, 0.15) is 30.4 Å². The van der Waals surface area contributed by atoms with Crippen molar-refractivity contribution in [3.8, 4) is 0 Å². The number of aliphatic carboxylic acids is 1. The SMILES string of the molecule is Cc1ccc(NC(=O)CN2CCCCC2C(=O)O)cc1C. The minimum Gasteiger partial charge on any atom is -0.480 e. The number of benzene rings is 1. The quantitative estimate of drug-likeness (QED) is 0.891. The van der Waals surface area contributed by atoms with Crippen LogP contribution in [-0.4, -0.2) is 41.0 Å². The highest BCUT2D eigenvalue weighted by atomic mass is 16.4. The number of carboxylic acid groups (broad SMARTS) is 1. The molecule has 1 amide bonds. The van der Waals surface area contributed by atoms with Crippen molar-refractivity contribution in [1.82, 2.24) is 4.90 Å². The Bertz CT molecular complexity index is 542. The van der Waals surface area contributed by atoms with Crippen LogP contribution in [0.3, 0.4) is 0 Å². The number of piperidine rings is 1. The van der Waals surface area contributed by atoms with E-state index in [1.54, 1.807) is 4.90 Å². The molecular formula is C16H22N2O3. The fourth-order valence-corrected chi connectivity index (χ4v) is 2.66. The molecule has 0 aromatic heterocycles. The largest absolute Gasteiger partial charge is 0.480 e. The molecule has 2 N–H and O–H groups in total. The minimum atomic E-state index is -0.839. The van der Waals surface area contributed by atoms with Crippen molar-refractivity contribution in [1.29, 1.82) is 0 Å². The molecule has 1 aliphatic rings. The fraction of sp³-hybridized carbons (Fsp3) is 0.500. The molecular weight excluding hydrogens is 268 g/mol. The summed E-state index contributed by atoms with van der Waals surface area (Å²) in [6.07, 6.45) is 2.47. The molecule has 1 aromatic carbocycles. The zero-order valence-electron chi connectivity index (χ0n) is 12.6. The third-order valence-corrected chi connectivity index (χ3v) is 4.04. The summed E-state index contributed by atoms with van der Waals surface area (Å²) in [5.74, 6) is -1.000. The van der Waals surface area contributed by atoms with Gasteiger partial charge in [-0.25, -0.2) is 0 Å². The second-order valence-corrected chi connectivity index (χ2v) is 5.67. The molecule has 0 radical (unpaired) electrons. The van der Waals surface area contributed by atoms with Gasteiger partial charge < -0.3 is 10.4 Å². The van der Waals surface area contributed by atoms with Gasteiger partial charge in [-0.3, -0.25) is 14.5 Å². The maximum atomic E-state index is 12.1. The summed E-state index contributed by atoms with van der Waals surface area (Å²) >= 11 is 0. The molecule has 1 saturated heterocycles. The molecule has 1 atom stereocenters. The van der Waals surface area contributed by atoms with Crippen LogP contribution in [-0.2, 0) is 9.59 Å². The number of rotatable bonds is 4. The Labute approximate surface area is 125 Å². The summed E-state index contributed by atoms with van der Waals surface area (Å²) in [5.41, 5.74) is 3.05. The molecule has 1 aliphatic heterocycles. The van der Waals surface area contributed by atoms with Gasteiger partial charge in [0.25, 0.3) is 0 Å². The van der Waals surface area contributed by atoms with E-state index in [4.69, 9.17) is 0 Å². The highest BCUT2D eigenvalue weighted by molar-refractivity contribution is 5.92. The maximum absolute atomic E-state index is 12.1. The lowest BCUT2D eigenvalue weighted by molar-refractivity contribution is -0.145. The van der Waals surface area contributed by atoms with E-state index in [-0.39, 0.29) is 12.5 Å². The van der Waals surface area contributed by atoms with Crippen LogP contribution in [0.5, 0.6) is 0 Å². The number of hydrogen-bond donors (Lipinski definition) is 2. The molecule has 0 saturated carbocycles. The summed E-state index contributed by atoms with van der Waals surface area (Å²) in [6, 6.07) is 5.22. The number of amides is 1. The first-order chi connectivity index (χ1) is 9.97. The zero-order chi connectivity index (χ0) is 15.4. The third kappa shape index (κ3) is 4.04. The number of hydrogen-bond acceptors (Lipinski definition) is 3. The van der Waals surface area contributed by atoms with E-state index in [2.05, 4.69) is 5.32 Å². The van der Waals surface area contributed by atoms with Gasteiger partial charge in [-0.1, -0.05) is 12.5 Å². The number of nitrogens with one attached hydrogen (secondary N) is 1. The van der Waals surface area contributed by atoms with Crippen molar-refractivity contribution < 1.29 is 14.7 Å². The number of carboxylic acids is 1. The first kappa shape index (κ1) is 15.5. The number of likely N-dealkylation sites (tertiary alicyclic amines) is 1. The average Bonchev–Trinajstić information content (AvgIpc) is 2.43. The van der Waals surface area contributed by atoms with E-state index in [0.717, 1.165) is 24.1 Å². The molecule has 0 bridgehead atoms. The maximum Gasteiger partial charge on any atom is 0.320 e. The average molecular weight is 290 g/mol. The summed E-state index contributed by atoms with van der Waals surface area (Å²) in [5, 5.41) is 12.0. The molecule has 1 heterocycles. The zero-order valence-corrected chi connectivity index (χ0v) is 12.6. The van der Waals surface area contributed by atoms with Crippen molar-refractivity contribution in [3.63, 3.8) is 0 Å². The molecule has 2 rings (SSSR count). The first-order valence-electron chi connectivity index (χ1n) is 7.31. The van der Waals surface area contributed by atoms with Crippen LogP contribution in [0.25, 0.3) is 0 Å². The van der Waals surface area contributed by atoms with Gasteiger partial charge in [0, 0.05) is 5.69 Å². The van der Waals surface area contributed by atoms with Crippen LogP contribution < -0.4 is 5.32 Å². The molecule has 1 unspecified atom stereocenters. The summed E-state index contributed by atoms with van der Waals surface area (Å²) in [6.45, 7) is 4.81. The van der Waals surface area contributed by atoms with Crippen molar-refractivity contribution in [2.24, 2.45) is 0 Å². The van der Waals surface area contributed by atoms with Crippen LogP contribution in [0, 0.1) is 13.8 Å². The standard InChI is InChI=1S/C16H22N2O3/c1-11-6-7-13(9-12(11)2)17-15(19)10-18-8-4-3-5-14(18)16(20)21/h6-7,9,14H,3-5,8,10H2,1-2H3,(H,17,19)(H,20,21). The van der Waals surface area contributed by atoms with E-state index < -0.39 is 12.0 Å². The van der Waals surface area contributed by atoms with Crippen LogP contribution in [0.2, 0.25) is 0 Å². The topological polar surface area (TPSA) is 69.6 Å². The molecule has 5 nitrogen and oxygen atoms in total. The van der Waals surface area contributed by atoms with Gasteiger partial charge in [-0.15, -0.1) is 0 Å². The predicted octanol–water partition coefficient (Wildman–Crippen LogP) is 2.18. The van der Waals surface area contributed by atoms with Gasteiger partial charge in [0.05, 0.1) is 6.54 Å². The Morgan fingerprint density at radius 3 is 2.71 bits per heavy atom. The Morgan fingerprint density at radius 2 is 2.05 bits per heavy atom. The van der Waals surface area contributed by atoms with Gasteiger partial charge in [-0.05, 0) is 56.5 Å². The smallest absolute Gasteiger partial charge is 0.320 e. The van der Waals surface area contributed by atoms with Gasteiger partial charge >= 0.3 is 5.97 Å². The van der Waals surface area contributed by atoms with Gasteiger partial charge in [0.2, 0.25) is 5.91 Å².